The van der Waals surface area contributed by atoms with Gasteiger partial charge in [0.25, 0.3) is 0 Å². The maximum atomic E-state index is 9.86. The summed E-state index contributed by atoms with van der Waals surface area (Å²) >= 11 is 1.88. The number of thioether (sulfide) groups is 1. The number of benzene rings is 1. The molecule has 1 aliphatic carbocycles. The van der Waals surface area contributed by atoms with Gasteiger partial charge in [-0.3, -0.25) is 0 Å². The molecule has 0 amide bonds. The third kappa shape index (κ3) is 4.63. The quantitative estimate of drug-likeness (QED) is 0.613. The molecule has 1 fully saturated rings. The van der Waals surface area contributed by atoms with Crippen molar-refractivity contribution in [1.82, 2.24) is 5.32 Å². The molecule has 0 saturated heterocycles. The minimum absolute atomic E-state index is 0.0759. The average molecular weight is 265 g/mol. The van der Waals surface area contributed by atoms with Gasteiger partial charge in [-0.15, -0.1) is 11.8 Å². The molecule has 1 aromatic rings. The molecular weight excluding hydrogens is 242 g/mol. The summed E-state index contributed by atoms with van der Waals surface area (Å²) < 4.78 is 0. The van der Waals surface area contributed by atoms with Gasteiger partial charge in [0.15, 0.2) is 0 Å². The highest BCUT2D eigenvalue weighted by molar-refractivity contribution is 7.99. The lowest BCUT2D eigenvalue weighted by molar-refractivity contribution is 0.0700. The molecule has 0 spiro atoms. The molecule has 1 aromatic carbocycles. The third-order valence-electron chi connectivity index (χ3n) is 3.57. The minimum Gasteiger partial charge on any atom is -0.393 e. The third-order valence-corrected chi connectivity index (χ3v) is 4.58. The predicted molar refractivity (Wildman–Crippen MR) is 78.0 cm³/mol. The van der Waals surface area contributed by atoms with E-state index in [0.29, 0.717) is 5.92 Å². The van der Waals surface area contributed by atoms with E-state index >= 15 is 0 Å². The Labute approximate surface area is 114 Å². The summed E-state index contributed by atoms with van der Waals surface area (Å²) in [5.74, 6) is 1.56. The number of rotatable bonds is 6. The van der Waals surface area contributed by atoms with Crippen molar-refractivity contribution in [1.29, 1.82) is 0 Å². The van der Waals surface area contributed by atoms with Gasteiger partial charge >= 0.3 is 0 Å². The van der Waals surface area contributed by atoms with Gasteiger partial charge in [0.2, 0.25) is 0 Å². The summed E-state index contributed by atoms with van der Waals surface area (Å²) in [6.07, 6.45) is 4.57. The highest BCUT2D eigenvalue weighted by Gasteiger charge is 2.22. The summed E-state index contributed by atoms with van der Waals surface area (Å²) in [5.41, 5.74) is 0. The van der Waals surface area contributed by atoms with E-state index in [0.717, 1.165) is 25.3 Å². The topological polar surface area (TPSA) is 32.3 Å². The molecule has 3 heteroatoms. The minimum atomic E-state index is -0.0759. The second kappa shape index (κ2) is 7.82. The first-order chi connectivity index (χ1) is 8.86. The molecule has 0 radical (unpaired) electrons. The van der Waals surface area contributed by atoms with Crippen molar-refractivity contribution in [3.05, 3.63) is 30.3 Å². The van der Waals surface area contributed by atoms with Gasteiger partial charge in [-0.1, -0.05) is 31.0 Å². The van der Waals surface area contributed by atoms with Crippen LogP contribution in [0.3, 0.4) is 0 Å². The molecule has 2 unspecified atom stereocenters. The zero-order valence-electron chi connectivity index (χ0n) is 10.8. The number of aliphatic hydroxyl groups is 1. The van der Waals surface area contributed by atoms with E-state index < -0.39 is 0 Å². The van der Waals surface area contributed by atoms with Crippen LogP contribution in [0.15, 0.2) is 35.2 Å². The first-order valence-electron chi connectivity index (χ1n) is 6.93. The molecular formula is C15H23NOS. The van der Waals surface area contributed by atoms with E-state index in [1.54, 1.807) is 0 Å². The highest BCUT2D eigenvalue weighted by Crippen LogP contribution is 2.23. The van der Waals surface area contributed by atoms with Crippen molar-refractivity contribution in [2.24, 2.45) is 5.92 Å². The van der Waals surface area contributed by atoms with Crippen LogP contribution in [-0.4, -0.2) is 30.1 Å². The molecule has 1 saturated carbocycles. The molecule has 0 bridgehead atoms. The molecule has 18 heavy (non-hydrogen) atoms. The maximum absolute atomic E-state index is 9.86. The number of aliphatic hydroxyl groups excluding tert-OH is 1. The van der Waals surface area contributed by atoms with Crippen LogP contribution in [0, 0.1) is 5.92 Å². The van der Waals surface area contributed by atoms with E-state index in [9.17, 15) is 5.11 Å². The number of nitrogens with one attached hydrogen (secondary N) is 1. The largest absolute Gasteiger partial charge is 0.393 e. The normalized spacial score (nSPS) is 24.1. The van der Waals surface area contributed by atoms with Crippen molar-refractivity contribution in [3.8, 4) is 0 Å². The van der Waals surface area contributed by atoms with Gasteiger partial charge in [0, 0.05) is 23.7 Å². The lowest BCUT2D eigenvalue weighted by Gasteiger charge is -2.27. The molecule has 2 atom stereocenters. The molecule has 0 aromatic heterocycles. The molecule has 2 nitrogen and oxygen atoms in total. The standard InChI is InChI=1S/C15H23NOS/c17-15-9-5-4-6-13(15)12-16-10-11-18-14-7-2-1-3-8-14/h1-3,7-8,13,15-17H,4-6,9-12H2. The molecule has 1 aliphatic rings. The summed E-state index contributed by atoms with van der Waals surface area (Å²) in [6.45, 7) is 1.99. The van der Waals surface area contributed by atoms with Crippen molar-refractivity contribution in [3.63, 3.8) is 0 Å². The maximum Gasteiger partial charge on any atom is 0.0580 e. The second-order valence-corrected chi connectivity index (χ2v) is 6.15. The van der Waals surface area contributed by atoms with Crippen molar-refractivity contribution < 1.29 is 5.11 Å². The van der Waals surface area contributed by atoms with Gasteiger partial charge in [0.1, 0.15) is 0 Å². The fourth-order valence-electron chi connectivity index (χ4n) is 2.47. The lowest BCUT2D eigenvalue weighted by atomic mass is 9.86. The van der Waals surface area contributed by atoms with Crippen LogP contribution in [0.25, 0.3) is 0 Å². The Bertz CT molecular complexity index is 331. The van der Waals surface area contributed by atoms with E-state index in [1.165, 1.54) is 24.2 Å². The van der Waals surface area contributed by atoms with E-state index in [1.807, 2.05) is 17.8 Å². The molecule has 100 valence electrons. The van der Waals surface area contributed by atoms with E-state index in [4.69, 9.17) is 0 Å². The summed E-state index contributed by atoms with van der Waals surface area (Å²) in [6, 6.07) is 10.5. The van der Waals surface area contributed by atoms with Crippen LogP contribution < -0.4 is 5.32 Å². The summed E-state index contributed by atoms with van der Waals surface area (Å²) in [4.78, 5) is 1.33. The number of hydrogen-bond donors (Lipinski definition) is 2. The smallest absolute Gasteiger partial charge is 0.0580 e. The first-order valence-corrected chi connectivity index (χ1v) is 7.91. The fraction of sp³-hybridized carbons (Fsp3) is 0.600. The van der Waals surface area contributed by atoms with Crippen molar-refractivity contribution >= 4 is 11.8 Å². The van der Waals surface area contributed by atoms with Gasteiger partial charge < -0.3 is 10.4 Å². The van der Waals surface area contributed by atoms with E-state index in [2.05, 4.69) is 29.6 Å². The Morgan fingerprint density at radius 2 is 1.94 bits per heavy atom. The van der Waals surface area contributed by atoms with Crippen LogP contribution in [0.1, 0.15) is 25.7 Å². The van der Waals surface area contributed by atoms with Gasteiger partial charge in [-0.2, -0.15) is 0 Å². The van der Waals surface area contributed by atoms with Crippen LogP contribution >= 0.6 is 11.8 Å². The molecule has 0 aliphatic heterocycles. The SMILES string of the molecule is OC1CCCCC1CNCCSc1ccccc1. The number of hydrogen-bond acceptors (Lipinski definition) is 3. The average Bonchev–Trinajstić information content (AvgIpc) is 2.42. The Morgan fingerprint density at radius 1 is 1.17 bits per heavy atom. The lowest BCUT2D eigenvalue weighted by Crippen LogP contribution is -2.34. The fourth-order valence-corrected chi connectivity index (χ4v) is 3.30. The summed E-state index contributed by atoms with van der Waals surface area (Å²) in [5, 5.41) is 13.3. The van der Waals surface area contributed by atoms with Gasteiger partial charge in [0.05, 0.1) is 6.10 Å². The van der Waals surface area contributed by atoms with Gasteiger partial charge in [-0.05, 0) is 30.9 Å². The first kappa shape index (κ1) is 13.9. The highest BCUT2D eigenvalue weighted by atomic mass is 32.2. The Balaban J connectivity index is 1.56. The van der Waals surface area contributed by atoms with Gasteiger partial charge in [-0.25, -0.2) is 0 Å². The predicted octanol–water partition coefficient (Wildman–Crippen LogP) is 2.92. The van der Waals surface area contributed by atoms with Crippen LogP contribution in [0.2, 0.25) is 0 Å². The van der Waals surface area contributed by atoms with Crippen LogP contribution in [0.5, 0.6) is 0 Å². The zero-order valence-corrected chi connectivity index (χ0v) is 11.7. The summed E-state index contributed by atoms with van der Waals surface area (Å²) in [7, 11) is 0. The van der Waals surface area contributed by atoms with E-state index in [-0.39, 0.29) is 6.10 Å². The van der Waals surface area contributed by atoms with Crippen LogP contribution in [0.4, 0.5) is 0 Å². The Kier molecular flexibility index (Phi) is 6.05. The van der Waals surface area contributed by atoms with Crippen LogP contribution in [-0.2, 0) is 0 Å². The van der Waals surface area contributed by atoms with Crippen molar-refractivity contribution in [2.45, 2.75) is 36.7 Å². The monoisotopic (exact) mass is 265 g/mol. The molecule has 0 heterocycles. The second-order valence-electron chi connectivity index (χ2n) is 4.98. The van der Waals surface area contributed by atoms with Crippen molar-refractivity contribution in [2.75, 3.05) is 18.8 Å². The Hall–Kier alpha value is -0.510. The molecule has 2 rings (SSSR count). The molecule has 2 N–H and O–H groups in total. The Morgan fingerprint density at radius 3 is 2.72 bits per heavy atom. The zero-order chi connectivity index (χ0) is 12.6.